The molecule has 4 rings (SSSR count). The highest BCUT2D eigenvalue weighted by Gasteiger charge is 2.38. The molecule has 1 saturated heterocycles. The average Bonchev–Trinajstić information content (AvgIpc) is 3.32. The minimum Gasteiger partial charge on any atom is -0.350 e. The van der Waals surface area contributed by atoms with Crippen molar-refractivity contribution in [1.29, 1.82) is 0 Å². The number of carbonyl (C=O) groups excluding carboxylic acids is 2. The number of nitrogens with zero attached hydrogens (tertiary/aromatic N) is 1. The Bertz CT molecular complexity index is 1080. The van der Waals surface area contributed by atoms with Crippen molar-refractivity contribution >= 4 is 33.9 Å². The molecule has 0 bridgehead atoms. The number of rotatable bonds is 7. The van der Waals surface area contributed by atoms with Crippen LogP contribution in [-0.4, -0.2) is 22.3 Å². The van der Waals surface area contributed by atoms with Crippen LogP contribution in [0.2, 0.25) is 0 Å². The van der Waals surface area contributed by atoms with Gasteiger partial charge in [-0.25, -0.2) is 4.98 Å². The Labute approximate surface area is 180 Å². The van der Waals surface area contributed by atoms with Crippen molar-refractivity contribution in [2.24, 2.45) is 0 Å². The molecule has 30 heavy (non-hydrogen) atoms. The first-order chi connectivity index (χ1) is 14.4. The number of hydrogen-bond acceptors (Lipinski definition) is 4. The van der Waals surface area contributed by atoms with Crippen molar-refractivity contribution in [3.8, 4) is 0 Å². The fourth-order valence-electron chi connectivity index (χ4n) is 4.24. The monoisotopic (exact) mass is 421 g/mol. The molecular formula is C24H27N3O2S. The summed E-state index contributed by atoms with van der Waals surface area (Å²) in [7, 11) is 0. The fourth-order valence-corrected chi connectivity index (χ4v) is 4.95. The summed E-state index contributed by atoms with van der Waals surface area (Å²) in [5.74, 6) is 0.0645. The average molecular weight is 422 g/mol. The second kappa shape index (κ2) is 8.56. The lowest BCUT2D eigenvalue weighted by Crippen LogP contribution is -2.44. The second-order valence-corrected chi connectivity index (χ2v) is 9.33. The Hall–Kier alpha value is -2.73. The number of aryl methyl sites for hydroxylation is 1. The van der Waals surface area contributed by atoms with E-state index >= 15 is 0 Å². The van der Waals surface area contributed by atoms with Crippen LogP contribution in [0.4, 0.5) is 0 Å². The van der Waals surface area contributed by atoms with Crippen LogP contribution in [0.25, 0.3) is 10.8 Å². The standard InChI is InChI=1S/C24H27N3O2S/c1-16(21-15-30-17(2)26-21)25-22(28)9-11-24(12-10-23(29)27-24)14-18-7-8-19-5-3-4-6-20(19)13-18/h3-8,13,15-16H,9-12,14H2,1-2H3,(H,25,28)(H,27,29)/t16-,24-/m1/s1. The molecule has 2 N–H and O–H groups in total. The zero-order valence-corrected chi connectivity index (χ0v) is 18.2. The molecule has 0 saturated carbocycles. The summed E-state index contributed by atoms with van der Waals surface area (Å²) >= 11 is 1.59. The first-order valence-corrected chi connectivity index (χ1v) is 11.3. The molecule has 156 valence electrons. The second-order valence-electron chi connectivity index (χ2n) is 8.27. The molecule has 1 fully saturated rings. The third kappa shape index (κ3) is 4.70. The van der Waals surface area contributed by atoms with Crippen LogP contribution in [0.15, 0.2) is 47.8 Å². The number of amides is 2. The number of carbonyl (C=O) groups is 2. The maximum atomic E-state index is 12.6. The minimum absolute atomic E-state index is 0.00723. The predicted molar refractivity (Wildman–Crippen MR) is 120 cm³/mol. The van der Waals surface area contributed by atoms with Gasteiger partial charge in [-0.05, 0) is 49.4 Å². The summed E-state index contributed by atoms with van der Waals surface area (Å²) in [6.45, 7) is 3.91. The minimum atomic E-state index is -0.364. The maximum Gasteiger partial charge on any atom is 0.220 e. The van der Waals surface area contributed by atoms with E-state index in [1.807, 2.05) is 31.4 Å². The van der Waals surface area contributed by atoms with E-state index in [0.29, 0.717) is 19.3 Å². The van der Waals surface area contributed by atoms with Gasteiger partial charge in [0.15, 0.2) is 0 Å². The number of nitrogens with one attached hydrogen (secondary N) is 2. The van der Waals surface area contributed by atoms with Gasteiger partial charge < -0.3 is 10.6 Å². The van der Waals surface area contributed by atoms with Gasteiger partial charge in [0.1, 0.15) is 0 Å². The Morgan fingerprint density at radius 3 is 2.77 bits per heavy atom. The highest BCUT2D eigenvalue weighted by Crippen LogP contribution is 2.31. The molecule has 2 heterocycles. The summed E-state index contributed by atoms with van der Waals surface area (Å²) in [5.41, 5.74) is 1.71. The Kier molecular flexibility index (Phi) is 5.86. The Morgan fingerprint density at radius 1 is 1.27 bits per heavy atom. The molecule has 5 nitrogen and oxygen atoms in total. The number of fused-ring (bicyclic) bond motifs is 1. The first kappa shape index (κ1) is 20.5. The maximum absolute atomic E-state index is 12.6. The Balaban J connectivity index is 1.42. The number of hydrogen-bond donors (Lipinski definition) is 2. The van der Waals surface area contributed by atoms with Crippen molar-refractivity contribution in [1.82, 2.24) is 15.6 Å². The first-order valence-electron chi connectivity index (χ1n) is 10.4. The van der Waals surface area contributed by atoms with Gasteiger partial charge in [-0.15, -0.1) is 11.3 Å². The summed E-state index contributed by atoms with van der Waals surface area (Å²) in [6, 6.07) is 14.6. The van der Waals surface area contributed by atoms with Crippen molar-refractivity contribution in [3.63, 3.8) is 0 Å². The fraction of sp³-hybridized carbons (Fsp3) is 0.375. The van der Waals surface area contributed by atoms with E-state index < -0.39 is 0 Å². The van der Waals surface area contributed by atoms with Crippen molar-refractivity contribution in [2.45, 2.75) is 57.5 Å². The molecule has 1 aromatic heterocycles. The zero-order chi connectivity index (χ0) is 21.1. The largest absolute Gasteiger partial charge is 0.350 e. The van der Waals surface area contributed by atoms with Crippen molar-refractivity contribution in [3.05, 3.63) is 64.1 Å². The molecule has 0 aliphatic carbocycles. The van der Waals surface area contributed by atoms with Gasteiger partial charge in [0.05, 0.1) is 16.7 Å². The van der Waals surface area contributed by atoms with Crippen molar-refractivity contribution < 1.29 is 9.59 Å². The van der Waals surface area contributed by atoms with Gasteiger partial charge in [-0.1, -0.05) is 42.5 Å². The van der Waals surface area contributed by atoms with Crippen LogP contribution in [0, 0.1) is 6.92 Å². The van der Waals surface area contributed by atoms with E-state index in [9.17, 15) is 9.59 Å². The summed E-state index contributed by atoms with van der Waals surface area (Å²) < 4.78 is 0. The van der Waals surface area contributed by atoms with Gasteiger partial charge in [0, 0.05) is 23.8 Å². The molecule has 2 aromatic carbocycles. The SMILES string of the molecule is Cc1nc([C@@H](C)NC(=O)CC[C@]2(Cc3ccc4ccccc4c3)CCC(=O)N2)cs1. The molecule has 1 aliphatic rings. The number of aromatic nitrogens is 1. The molecule has 1 aliphatic heterocycles. The molecule has 3 aromatic rings. The van der Waals surface area contributed by atoms with E-state index in [-0.39, 0.29) is 23.4 Å². The molecule has 6 heteroatoms. The molecule has 2 atom stereocenters. The quantitative estimate of drug-likeness (QED) is 0.592. The third-order valence-electron chi connectivity index (χ3n) is 5.88. The van der Waals surface area contributed by atoms with Crippen LogP contribution in [0.3, 0.4) is 0 Å². The topological polar surface area (TPSA) is 71.1 Å². The van der Waals surface area contributed by atoms with Crippen LogP contribution in [-0.2, 0) is 16.0 Å². The Morgan fingerprint density at radius 2 is 2.07 bits per heavy atom. The predicted octanol–water partition coefficient (Wildman–Crippen LogP) is 4.45. The highest BCUT2D eigenvalue weighted by atomic mass is 32.1. The third-order valence-corrected chi connectivity index (χ3v) is 6.67. The van der Waals surface area contributed by atoms with Gasteiger partial charge in [-0.2, -0.15) is 0 Å². The van der Waals surface area contributed by atoms with Gasteiger partial charge >= 0.3 is 0 Å². The smallest absolute Gasteiger partial charge is 0.220 e. The molecule has 0 unspecified atom stereocenters. The van der Waals surface area contributed by atoms with E-state index in [1.54, 1.807) is 11.3 Å². The van der Waals surface area contributed by atoms with E-state index in [1.165, 1.54) is 16.3 Å². The van der Waals surface area contributed by atoms with Crippen LogP contribution < -0.4 is 10.6 Å². The van der Waals surface area contributed by atoms with Crippen molar-refractivity contribution in [2.75, 3.05) is 0 Å². The van der Waals surface area contributed by atoms with Crippen LogP contribution in [0.1, 0.15) is 54.9 Å². The van der Waals surface area contributed by atoms with Crippen LogP contribution >= 0.6 is 11.3 Å². The normalized spacial score (nSPS) is 19.6. The van der Waals surface area contributed by atoms with Crippen LogP contribution in [0.5, 0.6) is 0 Å². The summed E-state index contributed by atoms with van der Waals surface area (Å²) in [5, 5.41) is 11.6. The van der Waals surface area contributed by atoms with Gasteiger partial charge in [0.2, 0.25) is 11.8 Å². The van der Waals surface area contributed by atoms with E-state index in [2.05, 4.69) is 45.9 Å². The van der Waals surface area contributed by atoms with E-state index in [0.717, 1.165) is 23.5 Å². The molecule has 2 amide bonds. The molecule has 0 spiro atoms. The number of benzene rings is 2. The summed E-state index contributed by atoms with van der Waals surface area (Å²) in [4.78, 5) is 29.1. The molecule has 0 radical (unpaired) electrons. The lowest BCUT2D eigenvalue weighted by Gasteiger charge is -2.29. The van der Waals surface area contributed by atoms with Gasteiger partial charge in [-0.3, -0.25) is 9.59 Å². The lowest BCUT2D eigenvalue weighted by atomic mass is 9.84. The summed E-state index contributed by atoms with van der Waals surface area (Å²) in [6.07, 6.45) is 3.01. The zero-order valence-electron chi connectivity index (χ0n) is 17.4. The molecular weight excluding hydrogens is 394 g/mol. The van der Waals surface area contributed by atoms with E-state index in [4.69, 9.17) is 0 Å². The number of thiazole rings is 1. The lowest BCUT2D eigenvalue weighted by molar-refractivity contribution is -0.123. The highest BCUT2D eigenvalue weighted by molar-refractivity contribution is 7.09. The van der Waals surface area contributed by atoms with Gasteiger partial charge in [0.25, 0.3) is 0 Å².